The zero-order chi connectivity index (χ0) is 52.4. The van der Waals surface area contributed by atoms with Gasteiger partial charge in [0.25, 0.3) is 0 Å². The molecule has 0 radical (unpaired) electrons. The van der Waals surface area contributed by atoms with Crippen LogP contribution in [0, 0.1) is 0 Å². The van der Waals surface area contributed by atoms with Gasteiger partial charge in [0.2, 0.25) is 5.91 Å². The fourth-order valence-electron chi connectivity index (χ4n) is 8.37. The van der Waals surface area contributed by atoms with Crippen LogP contribution in [0.1, 0.15) is 168 Å². The molecule has 0 saturated carbocycles. The number of carbonyl (C=O) groups is 1. The summed E-state index contributed by atoms with van der Waals surface area (Å²) in [6, 6.07) is -0.858. The molecule has 72 heavy (non-hydrogen) atoms. The lowest BCUT2D eigenvalue weighted by molar-refractivity contribution is -0.359. The molecule has 0 aromatic rings. The first-order valence-corrected chi connectivity index (χ1v) is 27.5. The molecular weight excluding hydrogens is 919 g/mol. The molecule has 9 N–H and O–H groups in total. The van der Waals surface area contributed by atoms with Gasteiger partial charge in [0.1, 0.15) is 48.8 Å². The fraction of sp³-hybridized carbons (Fsp3) is 0.707. The Morgan fingerprint density at radius 1 is 0.514 bits per heavy atom. The lowest BCUT2D eigenvalue weighted by atomic mass is 9.97. The molecule has 0 aliphatic carbocycles. The third-order valence-electron chi connectivity index (χ3n) is 12.8. The minimum Gasteiger partial charge on any atom is -0.394 e. The molecule has 12 atom stereocenters. The molecule has 2 aliphatic rings. The molecule has 1 amide bonds. The zero-order valence-corrected chi connectivity index (χ0v) is 43.9. The summed E-state index contributed by atoms with van der Waals surface area (Å²) in [5.41, 5.74) is 0. The third kappa shape index (κ3) is 29.1. The van der Waals surface area contributed by atoms with Crippen molar-refractivity contribution in [3.63, 3.8) is 0 Å². The van der Waals surface area contributed by atoms with Crippen molar-refractivity contribution in [3.05, 3.63) is 97.2 Å². The Bertz CT molecular complexity index is 1570. The van der Waals surface area contributed by atoms with E-state index in [-0.39, 0.29) is 18.9 Å². The Labute approximate surface area is 433 Å². The Kier molecular flexibility index (Phi) is 39.0. The Balaban J connectivity index is 1.77. The maximum absolute atomic E-state index is 13.2. The molecule has 412 valence electrons. The normalized spacial score (nSPS) is 26.4. The maximum atomic E-state index is 13.2. The van der Waals surface area contributed by atoms with Gasteiger partial charge in [-0.1, -0.05) is 182 Å². The van der Waals surface area contributed by atoms with E-state index in [1.807, 2.05) is 0 Å². The van der Waals surface area contributed by atoms with Crippen LogP contribution in [0.4, 0.5) is 0 Å². The summed E-state index contributed by atoms with van der Waals surface area (Å²) in [5.74, 6) is -0.255. The fourth-order valence-corrected chi connectivity index (χ4v) is 8.37. The quantitative estimate of drug-likeness (QED) is 0.0208. The van der Waals surface area contributed by atoms with Gasteiger partial charge in [0, 0.05) is 6.42 Å². The van der Waals surface area contributed by atoms with Gasteiger partial charge < -0.3 is 65.1 Å². The highest BCUT2D eigenvalue weighted by molar-refractivity contribution is 5.76. The van der Waals surface area contributed by atoms with E-state index in [4.69, 9.17) is 18.9 Å². The summed E-state index contributed by atoms with van der Waals surface area (Å²) >= 11 is 0. The van der Waals surface area contributed by atoms with Gasteiger partial charge in [-0.3, -0.25) is 4.79 Å². The van der Waals surface area contributed by atoms with Gasteiger partial charge in [0.15, 0.2) is 12.6 Å². The Morgan fingerprint density at radius 3 is 1.44 bits per heavy atom. The number of hydrogen-bond acceptors (Lipinski definition) is 13. The van der Waals surface area contributed by atoms with Crippen molar-refractivity contribution in [1.82, 2.24) is 5.32 Å². The number of aliphatic hydroxyl groups is 8. The van der Waals surface area contributed by atoms with E-state index in [0.29, 0.717) is 12.8 Å². The molecule has 2 aliphatic heterocycles. The van der Waals surface area contributed by atoms with Crippen LogP contribution >= 0.6 is 0 Å². The number of aliphatic hydroxyl groups excluding tert-OH is 8. The monoisotopic (exact) mass is 1020 g/mol. The van der Waals surface area contributed by atoms with E-state index in [1.54, 1.807) is 0 Å². The predicted octanol–water partition coefficient (Wildman–Crippen LogP) is 8.32. The smallest absolute Gasteiger partial charge is 0.220 e. The average Bonchev–Trinajstić information content (AvgIpc) is 3.38. The highest BCUT2D eigenvalue weighted by Crippen LogP contribution is 2.30. The number of hydrogen-bond donors (Lipinski definition) is 9. The van der Waals surface area contributed by atoms with Crippen LogP contribution in [-0.2, 0) is 23.7 Å². The second-order valence-electron chi connectivity index (χ2n) is 19.0. The molecule has 2 fully saturated rings. The van der Waals surface area contributed by atoms with Crippen molar-refractivity contribution in [1.29, 1.82) is 0 Å². The standard InChI is InChI=1S/C58H97NO13/c1-3-5-7-9-11-13-15-16-17-18-19-20-21-22-23-24-25-26-27-28-29-30-32-34-36-38-40-42-50(63)59-46(47(62)41-39-37-35-33-31-14-12-10-8-6-4-2)45-69-57-55(68)53(66)56(49(44-61)71-57)72-58-54(67)52(65)51(64)48(43-60)70-58/h5,7,11,13,16-17,19-20,22-23,25-26,28-29,32,34,46-49,51-58,60-62,64-68H,3-4,6,8-10,12,14-15,18,21,24,27,30-31,33,35-45H2,1-2H3,(H,59,63)/b7-5-,13-11-,17-16-,20-19-,23-22-,26-25-,29-28-,34-32-. The van der Waals surface area contributed by atoms with Crippen LogP contribution in [0.5, 0.6) is 0 Å². The number of rotatable bonds is 41. The topological polar surface area (TPSA) is 228 Å². The van der Waals surface area contributed by atoms with E-state index in [0.717, 1.165) is 89.9 Å². The summed E-state index contributed by atoms with van der Waals surface area (Å²) < 4.78 is 22.7. The molecule has 2 rings (SSSR count). The van der Waals surface area contributed by atoms with Crippen LogP contribution in [-0.4, -0.2) is 140 Å². The van der Waals surface area contributed by atoms with E-state index in [9.17, 15) is 45.6 Å². The van der Waals surface area contributed by atoms with E-state index in [2.05, 4.69) is 116 Å². The first-order chi connectivity index (χ1) is 35.1. The predicted molar refractivity (Wildman–Crippen MR) is 286 cm³/mol. The summed E-state index contributed by atoms with van der Waals surface area (Å²) in [5, 5.41) is 86.9. The van der Waals surface area contributed by atoms with Crippen molar-refractivity contribution < 1.29 is 64.6 Å². The number of amides is 1. The Hall–Kier alpha value is -3.09. The molecular formula is C58H97NO13. The van der Waals surface area contributed by atoms with Crippen LogP contribution in [0.25, 0.3) is 0 Å². The first kappa shape index (κ1) is 65.0. The highest BCUT2D eigenvalue weighted by atomic mass is 16.7. The van der Waals surface area contributed by atoms with Gasteiger partial charge in [0.05, 0.1) is 32.0 Å². The van der Waals surface area contributed by atoms with Crippen molar-refractivity contribution in [2.75, 3.05) is 19.8 Å². The number of ether oxygens (including phenoxy) is 4. The molecule has 0 aromatic heterocycles. The average molecular weight is 1020 g/mol. The van der Waals surface area contributed by atoms with E-state index in [1.165, 1.54) is 44.9 Å². The number of carbonyl (C=O) groups excluding carboxylic acids is 1. The molecule has 14 nitrogen and oxygen atoms in total. The molecule has 0 aromatic carbocycles. The SMILES string of the molecule is CC/C=C\C/C=C\C/C=C\C/C=C\C/C=C\C/C=C\C/C=C\C/C=C\CCCCC(=O)NC(COC1OC(CO)C(OC2OC(CO)C(O)C(O)C2O)C(O)C1O)C(O)CCCCCCCCCCCCC. The second-order valence-corrected chi connectivity index (χ2v) is 19.0. The molecule has 14 heteroatoms. The largest absolute Gasteiger partial charge is 0.394 e. The minimum atomic E-state index is -1.79. The molecule has 0 bridgehead atoms. The van der Waals surface area contributed by atoms with Crippen molar-refractivity contribution >= 4 is 5.91 Å². The van der Waals surface area contributed by atoms with Crippen LogP contribution in [0.3, 0.4) is 0 Å². The first-order valence-electron chi connectivity index (χ1n) is 27.5. The molecule has 12 unspecified atom stereocenters. The van der Waals surface area contributed by atoms with Gasteiger partial charge in [-0.05, 0) is 77.0 Å². The minimum absolute atomic E-state index is 0.242. The van der Waals surface area contributed by atoms with Gasteiger partial charge in [-0.25, -0.2) is 0 Å². The summed E-state index contributed by atoms with van der Waals surface area (Å²) in [6.45, 7) is 2.67. The molecule has 2 heterocycles. The third-order valence-corrected chi connectivity index (χ3v) is 12.8. The summed E-state index contributed by atoms with van der Waals surface area (Å²) in [6.07, 6.45) is 41.3. The molecule has 2 saturated heterocycles. The van der Waals surface area contributed by atoms with Gasteiger partial charge in [-0.2, -0.15) is 0 Å². The van der Waals surface area contributed by atoms with Crippen LogP contribution in [0.15, 0.2) is 97.2 Å². The van der Waals surface area contributed by atoms with E-state index < -0.39 is 86.8 Å². The zero-order valence-electron chi connectivity index (χ0n) is 43.9. The van der Waals surface area contributed by atoms with Crippen molar-refractivity contribution in [2.24, 2.45) is 0 Å². The highest BCUT2D eigenvalue weighted by Gasteiger charge is 2.51. The lowest BCUT2D eigenvalue weighted by Gasteiger charge is -2.46. The maximum Gasteiger partial charge on any atom is 0.220 e. The van der Waals surface area contributed by atoms with Gasteiger partial charge >= 0.3 is 0 Å². The van der Waals surface area contributed by atoms with Crippen molar-refractivity contribution in [2.45, 2.75) is 242 Å². The Morgan fingerprint density at radius 2 is 0.958 bits per heavy atom. The molecule has 0 spiro atoms. The van der Waals surface area contributed by atoms with Crippen LogP contribution < -0.4 is 5.32 Å². The number of allylic oxidation sites excluding steroid dienone is 16. The number of unbranched alkanes of at least 4 members (excludes halogenated alkanes) is 12. The van der Waals surface area contributed by atoms with Crippen LogP contribution in [0.2, 0.25) is 0 Å². The summed E-state index contributed by atoms with van der Waals surface area (Å²) in [7, 11) is 0. The van der Waals surface area contributed by atoms with Gasteiger partial charge in [-0.15, -0.1) is 0 Å². The van der Waals surface area contributed by atoms with E-state index >= 15 is 0 Å². The number of nitrogens with one attached hydrogen (secondary N) is 1. The lowest BCUT2D eigenvalue weighted by Crippen LogP contribution is -2.65. The second kappa shape index (κ2) is 43.2. The summed E-state index contributed by atoms with van der Waals surface area (Å²) in [4.78, 5) is 13.2. The van der Waals surface area contributed by atoms with Crippen molar-refractivity contribution in [3.8, 4) is 0 Å².